The molecule has 2 heteroatoms. The number of nitrogens with zero attached hydrogens (tertiary/aromatic N) is 1. The summed E-state index contributed by atoms with van der Waals surface area (Å²) in [5.41, 5.74) is 2.57. The monoisotopic (exact) mass is 239 g/mol. The summed E-state index contributed by atoms with van der Waals surface area (Å²) in [6.45, 7) is 4.34. The summed E-state index contributed by atoms with van der Waals surface area (Å²) in [5.74, 6) is 1.30. The molecule has 1 saturated carbocycles. The maximum Gasteiger partial charge on any atom is 0.0440 e. The Morgan fingerprint density at radius 2 is 2.15 bits per heavy atom. The van der Waals surface area contributed by atoms with Crippen molar-refractivity contribution in [1.82, 2.24) is 4.98 Å². The molecule has 1 nitrogen and oxygen atoms in total. The minimum absolute atomic E-state index is 0.518. The smallest absolute Gasteiger partial charge is 0.0440 e. The van der Waals surface area contributed by atoms with Gasteiger partial charge in [0.2, 0.25) is 0 Å². The highest BCUT2D eigenvalue weighted by molar-refractivity contribution is 9.10. The lowest BCUT2D eigenvalue weighted by molar-refractivity contribution is 0.816. The molecule has 1 aliphatic carbocycles. The largest absolute Gasteiger partial charge is 0.261 e. The predicted molar refractivity (Wildman–Crippen MR) is 58.0 cm³/mol. The van der Waals surface area contributed by atoms with Crippen LogP contribution in [0.2, 0.25) is 0 Å². The number of halogens is 1. The van der Waals surface area contributed by atoms with E-state index in [0.29, 0.717) is 5.92 Å². The molecule has 70 valence electrons. The van der Waals surface area contributed by atoms with Crippen LogP contribution >= 0.6 is 15.9 Å². The molecule has 0 N–H and O–H groups in total. The van der Waals surface area contributed by atoms with Crippen LogP contribution in [0.1, 0.15) is 49.8 Å². The Bertz CT molecular complexity index is 316. The number of aromatic nitrogens is 1. The van der Waals surface area contributed by atoms with Crippen LogP contribution < -0.4 is 0 Å². The Balaban J connectivity index is 2.31. The van der Waals surface area contributed by atoms with Crippen molar-refractivity contribution in [2.45, 2.75) is 38.5 Å². The fourth-order valence-corrected chi connectivity index (χ4v) is 2.13. The van der Waals surface area contributed by atoms with Gasteiger partial charge in [-0.1, -0.05) is 29.8 Å². The van der Waals surface area contributed by atoms with Gasteiger partial charge in [0.15, 0.2) is 0 Å². The van der Waals surface area contributed by atoms with Crippen LogP contribution in [-0.2, 0) is 0 Å². The number of pyridine rings is 1. The van der Waals surface area contributed by atoms with E-state index in [1.807, 2.05) is 6.20 Å². The first-order valence-corrected chi connectivity index (χ1v) is 5.63. The zero-order chi connectivity index (χ0) is 9.42. The van der Waals surface area contributed by atoms with Gasteiger partial charge in [-0.05, 0) is 36.3 Å². The van der Waals surface area contributed by atoms with Crippen molar-refractivity contribution in [3.8, 4) is 0 Å². The van der Waals surface area contributed by atoms with Crippen molar-refractivity contribution < 1.29 is 0 Å². The van der Waals surface area contributed by atoms with Crippen molar-refractivity contribution in [2.24, 2.45) is 0 Å². The highest BCUT2D eigenvalue weighted by atomic mass is 79.9. The highest BCUT2D eigenvalue weighted by Gasteiger charge is 2.26. The summed E-state index contributed by atoms with van der Waals surface area (Å²) in [4.78, 5) is 4.47. The Kier molecular flexibility index (Phi) is 2.41. The van der Waals surface area contributed by atoms with Crippen LogP contribution in [0.5, 0.6) is 0 Å². The van der Waals surface area contributed by atoms with Crippen LogP contribution in [-0.4, -0.2) is 4.98 Å². The van der Waals surface area contributed by atoms with E-state index in [1.165, 1.54) is 28.6 Å². The average molecular weight is 240 g/mol. The van der Waals surface area contributed by atoms with E-state index in [0.717, 1.165) is 5.92 Å². The molecule has 1 heterocycles. The Labute approximate surface area is 87.7 Å². The lowest BCUT2D eigenvalue weighted by Gasteiger charge is -2.07. The topological polar surface area (TPSA) is 12.9 Å². The van der Waals surface area contributed by atoms with E-state index in [4.69, 9.17) is 0 Å². The van der Waals surface area contributed by atoms with E-state index in [2.05, 4.69) is 40.8 Å². The Morgan fingerprint density at radius 1 is 1.46 bits per heavy atom. The van der Waals surface area contributed by atoms with Crippen molar-refractivity contribution >= 4 is 15.9 Å². The first-order chi connectivity index (χ1) is 6.18. The number of hydrogen-bond donors (Lipinski definition) is 0. The quantitative estimate of drug-likeness (QED) is 0.765. The summed E-state index contributed by atoms with van der Waals surface area (Å²) >= 11 is 3.62. The lowest BCUT2D eigenvalue weighted by Crippen LogP contribution is -1.94. The van der Waals surface area contributed by atoms with E-state index in [9.17, 15) is 0 Å². The summed E-state index contributed by atoms with van der Waals surface area (Å²) < 4.78 is 1.24. The minimum Gasteiger partial charge on any atom is -0.261 e. The van der Waals surface area contributed by atoms with Gasteiger partial charge in [0.25, 0.3) is 0 Å². The zero-order valence-electron chi connectivity index (χ0n) is 8.05. The van der Waals surface area contributed by atoms with E-state index in [-0.39, 0.29) is 0 Å². The molecule has 13 heavy (non-hydrogen) atoms. The maximum absolute atomic E-state index is 4.47. The molecule has 1 aromatic rings. The summed E-state index contributed by atoms with van der Waals surface area (Å²) in [5, 5.41) is 0. The van der Waals surface area contributed by atoms with Gasteiger partial charge in [-0.15, -0.1) is 0 Å². The fourth-order valence-electron chi connectivity index (χ4n) is 1.47. The van der Waals surface area contributed by atoms with Crippen LogP contribution in [0, 0.1) is 0 Å². The first-order valence-electron chi connectivity index (χ1n) is 4.84. The van der Waals surface area contributed by atoms with E-state index >= 15 is 0 Å². The second-order valence-electron chi connectivity index (χ2n) is 4.06. The second kappa shape index (κ2) is 3.41. The molecule has 0 saturated heterocycles. The van der Waals surface area contributed by atoms with Crippen molar-refractivity contribution in [1.29, 1.82) is 0 Å². The molecular formula is C11H14BrN. The third kappa shape index (κ3) is 1.93. The molecule has 0 atom stereocenters. The Hall–Kier alpha value is -0.370. The molecule has 1 fully saturated rings. The minimum atomic E-state index is 0.518. The van der Waals surface area contributed by atoms with Gasteiger partial charge in [0, 0.05) is 16.4 Å². The number of rotatable bonds is 2. The van der Waals surface area contributed by atoms with Crippen LogP contribution in [0.25, 0.3) is 0 Å². The molecule has 0 aromatic carbocycles. The van der Waals surface area contributed by atoms with Gasteiger partial charge in [-0.3, -0.25) is 4.98 Å². The van der Waals surface area contributed by atoms with Gasteiger partial charge >= 0.3 is 0 Å². The van der Waals surface area contributed by atoms with Crippen molar-refractivity contribution in [3.05, 3.63) is 28.0 Å². The number of hydrogen-bond acceptors (Lipinski definition) is 1. The van der Waals surface area contributed by atoms with E-state index in [1.54, 1.807) is 0 Å². The summed E-state index contributed by atoms with van der Waals surface area (Å²) in [7, 11) is 0. The van der Waals surface area contributed by atoms with Gasteiger partial charge in [0.05, 0.1) is 0 Å². The third-order valence-corrected chi connectivity index (χ3v) is 3.20. The standard InChI is InChI=1S/C11H14BrN/c1-7(2)11-5-10(12)9(6-13-11)8-3-4-8/h5-8H,3-4H2,1-2H3. The maximum atomic E-state index is 4.47. The first kappa shape index (κ1) is 9.20. The molecule has 0 bridgehead atoms. The van der Waals surface area contributed by atoms with Gasteiger partial charge in [0.1, 0.15) is 0 Å². The Morgan fingerprint density at radius 3 is 2.62 bits per heavy atom. The molecule has 0 amide bonds. The SMILES string of the molecule is CC(C)c1cc(Br)c(C2CC2)cn1. The van der Waals surface area contributed by atoms with Gasteiger partial charge in [-0.2, -0.15) is 0 Å². The molecule has 0 radical (unpaired) electrons. The predicted octanol–water partition coefficient (Wildman–Crippen LogP) is 3.84. The third-order valence-electron chi connectivity index (χ3n) is 2.51. The van der Waals surface area contributed by atoms with Crippen LogP contribution in [0.4, 0.5) is 0 Å². The summed E-state index contributed by atoms with van der Waals surface area (Å²) in [6, 6.07) is 2.16. The average Bonchev–Trinajstić information content (AvgIpc) is 2.87. The molecular weight excluding hydrogens is 226 g/mol. The van der Waals surface area contributed by atoms with Crippen molar-refractivity contribution in [3.63, 3.8) is 0 Å². The molecule has 1 aliphatic rings. The molecule has 1 aromatic heterocycles. The van der Waals surface area contributed by atoms with Crippen LogP contribution in [0.3, 0.4) is 0 Å². The molecule has 0 unspecified atom stereocenters. The molecule has 0 spiro atoms. The van der Waals surface area contributed by atoms with Gasteiger partial charge in [-0.25, -0.2) is 0 Å². The van der Waals surface area contributed by atoms with Gasteiger partial charge < -0.3 is 0 Å². The zero-order valence-corrected chi connectivity index (χ0v) is 9.63. The van der Waals surface area contributed by atoms with E-state index < -0.39 is 0 Å². The highest BCUT2D eigenvalue weighted by Crippen LogP contribution is 2.43. The van der Waals surface area contributed by atoms with Crippen molar-refractivity contribution in [2.75, 3.05) is 0 Å². The normalized spacial score (nSPS) is 16.6. The molecule has 0 aliphatic heterocycles. The molecule has 2 rings (SSSR count). The van der Waals surface area contributed by atoms with Crippen LogP contribution in [0.15, 0.2) is 16.7 Å². The lowest BCUT2D eigenvalue weighted by atomic mass is 10.1. The fraction of sp³-hybridized carbons (Fsp3) is 0.545. The summed E-state index contributed by atoms with van der Waals surface area (Å²) in [6.07, 6.45) is 4.71. The second-order valence-corrected chi connectivity index (χ2v) is 4.91.